The van der Waals surface area contributed by atoms with Gasteiger partial charge in [-0.25, -0.2) is 0 Å². The molecule has 0 saturated heterocycles. The molecule has 9 heteroatoms. The molecule has 0 aromatic heterocycles. The van der Waals surface area contributed by atoms with Gasteiger partial charge in [-0.2, -0.15) is 5.10 Å². The first-order chi connectivity index (χ1) is 11.9. The van der Waals surface area contributed by atoms with Gasteiger partial charge in [0.15, 0.2) is 0 Å². The van der Waals surface area contributed by atoms with Crippen LogP contribution in [0.15, 0.2) is 53.6 Å². The summed E-state index contributed by atoms with van der Waals surface area (Å²) >= 11 is 0. The van der Waals surface area contributed by atoms with Crippen LogP contribution in [0.2, 0.25) is 0 Å². The van der Waals surface area contributed by atoms with E-state index in [1.165, 1.54) is 6.07 Å². The van der Waals surface area contributed by atoms with Crippen LogP contribution < -0.4 is 5.43 Å². The predicted octanol–water partition coefficient (Wildman–Crippen LogP) is 2.95. The van der Waals surface area contributed by atoms with Crippen molar-refractivity contribution in [3.8, 4) is 0 Å². The van der Waals surface area contributed by atoms with E-state index >= 15 is 0 Å². The van der Waals surface area contributed by atoms with Crippen molar-refractivity contribution in [1.82, 2.24) is 0 Å². The van der Waals surface area contributed by atoms with Gasteiger partial charge >= 0.3 is 5.69 Å². The number of hydrogen-bond acceptors (Lipinski definition) is 7. The van der Waals surface area contributed by atoms with Crippen LogP contribution >= 0.6 is 0 Å². The van der Waals surface area contributed by atoms with Gasteiger partial charge in [0.2, 0.25) is 0 Å². The number of hydrazone groups is 1. The highest BCUT2D eigenvalue weighted by atomic mass is 16.6. The number of anilines is 1. The Kier molecular flexibility index (Phi) is 5.75. The van der Waals surface area contributed by atoms with E-state index in [0.717, 1.165) is 17.7 Å². The lowest BCUT2D eigenvalue weighted by Gasteiger charge is -2.13. The molecule has 9 nitrogen and oxygen atoms in total. The van der Waals surface area contributed by atoms with Crippen molar-refractivity contribution in [3.63, 3.8) is 0 Å². The number of benzene rings is 2. The van der Waals surface area contributed by atoms with E-state index in [1.54, 1.807) is 19.1 Å². The third-order valence-electron chi connectivity index (χ3n) is 3.50. The summed E-state index contributed by atoms with van der Waals surface area (Å²) < 4.78 is 0. The van der Waals surface area contributed by atoms with Gasteiger partial charge in [0, 0.05) is 12.0 Å². The van der Waals surface area contributed by atoms with Crippen molar-refractivity contribution < 1.29 is 15.0 Å². The molecule has 0 amide bonds. The van der Waals surface area contributed by atoms with Crippen molar-refractivity contribution in [2.24, 2.45) is 11.0 Å². The first-order valence-electron chi connectivity index (χ1n) is 7.36. The number of nitrogens with one attached hydrogen (secondary N) is 1. The molecule has 0 spiro atoms. The standard InChI is InChI=1S/C16H16N4O5/c1-11(10-21)16(12-5-3-2-4-6-12)18-17-14-8-7-13(19(22)23)9-15(14)20(24)25/h2-9,11,17,21H,10H2,1H3/b18-16+/t11-/m0/s1. The van der Waals surface area contributed by atoms with Gasteiger partial charge in [-0.3, -0.25) is 25.7 Å². The monoisotopic (exact) mass is 344 g/mol. The second-order valence-electron chi connectivity index (χ2n) is 5.27. The number of non-ortho nitro benzene ring substituents is 1. The highest BCUT2D eigenvalue weighted by molar-refractivity contribution is 6.02. The number of hydrogen-bond donors (Lipinski definition) is 2. The van der Waals surface area contributed by atoms with Crippen LogP contribution in [0.1, 0.15) is 12.5 Å². The molecule has 1 atom stereocenters. The average molecular weight is 344 g/mol. The summed E-state index contributed by atoms with van der Waals surface area (Å²) in [5.41, 5.74) is 3.03. The smallest absolute Gasteiger partial charge is 0.301 e. The van der Waals surface area contributed by atoms with E-state index in [2.05, 4.69) is 10.5 Å². The summed E-state index contributed by atoms with van der Waals surface area (Å²) in [4.78, 5) is 20.5. The number of rotatable bonds is 7. The second-order valence-corrected chi connectivity index (χ2v) is 5.27. The summed E-state index contributed by atoms with van der Waals surface area (Å²) in [6, 6.07) is 12.3. The molecule has 2 rings (SSSR count). The van der Waals surface area contributed by atoms with Crippen LogP contribution in [0.5, 0.6) is 0 Å². The van der Waals surface area contributed by atoms with Crippen LogP contribution in [0.3, 0.4) is 0 Å². The third-order valence-corrected chi connectivity index (χ3v) is 3.50. The maximum atomic E-state index is 11.2. The Morgan fingerprint density at radius 1 is 1.16 bits per heavy atom. The van der Waals surface area contributed by atoms with E-state index < -0.39 is 15.5 Å². The zero-order valence-corrected chi connectivity index (χ0v) is 13.3. The molecular formula is C16H16N4O5. The molecule has 0 heterocycles. The van der Waals surface area contributed by atoms with E-state index in [1.807, 2.05) is 18.2 Å². The SMILES string of the molecule is C[C@@H](CO)/C(=N\Nc1ccc([N+](=O)[O-])cc1[N+](=O)[O-])c1ccccc1. The Morgan fingerprint density at radius 3 is 2.40 bits per heavy atom. The van der Waals surface area contributed by atoms with E-state index in [0.29, 0.717) is 5.71 Å². The van der Waals surface area contributed by atoms with E-state index in [-0.39, 0.29) is 23.9 Å². The van der Waals surface area contributed by atoms with Crippen molar-refractivity contribution in [2.75, 3.05) is 12.0 Å². The molecule has 0 radical (unpaired) electrons. The number of aliphatic hydroxyl groups is 1. The number of nitrogens with zero attached hydrogens (tertiary/aromatic N) is 3. The fourth-order valence-electron chi connectivity index (χ4n) is 2.15. The molecule has 25 heavy (non-hydrogen) atoms. The van der Waals surface area contributed by atoms with Gasteiger partial charge in [0.05, 0.1) is 28.2 Å². The summed E-state index contributed by atoms with van der Waals surface area (Å²) in [6.07, 6.45) is 0. The molecule has 0 fully saturated rings. The number of nitro groups is 2. The maximum Gasteiger partial charge on any atom is 0.301 e. The molecule has 130 valence electrons. The van der Waals surface area contributed by atoms with Gasteiger partial charge in [0.1, 0.15) is 5.69 Å². The lowest BCUT2D eigenvalue weighted by molar-refractivity contribution is -0.393. The third kappa shape index (κ3) is 4.36. The van der Waals surface area contributed by atoms with Crippen LogP contribution in [-0.4, -0.2) is 27.3 Å². The first kappa shape index (κ1) is 18.0. The minimum Gasteiger partial charge on any atom is -0.396 e. The zero-order valence-electron chi connectivity index (χ0n) is 13.3. The fourth-order valence-corrected chi connectivity index (χ4v) is 2.15. The van der Waals surface area contributed by atoms with Crippen molar-refractivity contribution >= 4 is 22.8 Å². The fraction of sp³-hybridized carbons (Fsp3) is 0.188. The zero-order chi connectivity index (χ0) is 18.4. The normalized spacial score (nSPS) is 12.5. The maximum absolute atomic E-state index is 11.2. The van der Waals surface area contributed by atoms with Crippen molar-refractivity contribution in [2.45, 2.75) is 6.92 Å². The van der Waals surface area contributed by atoms with Gasteiger partial charge in [0.25, 0.3) is 5.69 Å². The van der Waals surface area contributed by atoms with E-state index in [9.17, 15) is 25.3 Å². The molecule has 0 aliphatic heterocycles. The molecule has 2 N–H and O–H groups in total. The largest absolute Gasteiger partial charge is 0.396 e. The second kappa shape index (κ2) is 7.97. The van der Waals surface area contributed by atoms with Crippen LogP contribution in [0.25, 0.3) is 0 Å². The lowest BCUT2D eigenvalue weighted by Crippen LogP contribution is -2.18. The Bertz CT molecular complexity index is 807. The Hall–Kier alpha value is -3.33. The van der Waals surface area contributed by atoms with Crippen molar-refractivity contribution in [3.05, 3.63) is 74.3 Å². The molecule has 0 aliphatic carbocycles. The minimum absolute atomic E-state index is 0.0224. The summed E-state index contributed by atoms with van der Waals surface area (Å²) in [5.74, 6) is -0.313. The highest BCUT2D eigenvalue weighted by Gasteiger charge is 2.20. The molecule has 0 bridgehead atoms. The molecule has 2 aromatic rings. The summed E-state index contributed by atoms with van der Waals surface area (Å²) in [6.45, 7) is 1.61. The quantitative estimate of drug-likeness (QED) is 0.451. The van der Waals surface area contributed by atoms with E-state index in [4.69, 9.17) is 0 Å². The Balaban J connectivity index is 2.40. The highest BCUT2D eigenvalue weighted by Crippen LogP contribution is 2.29. The molecule has 2 aromatic carbocycles. The molecule has 0 unspecified atom stereocenters. The summed E-state index contributed by atoms with van der Waals surface area (Å²) in [5, 5.41) is 35.5. The number of nitro benzene ring substituents is 2. The molecular weight excluding hydrogens is 328 g/mol. The van der Waals surface area contributed by atoms with Gasteiger partial charge in [-0.15, -0.1) is 0 Å². The average Bonchev–Trinajstić information content (AvgIpc) is 2.62. The molecule has 0 saturated carbocycles. The Morgan fingerprint density at radius 2 is 1.84 bits per heavy atom. The van der Waals surface area contributed by atoms with Crippen molar-refractivity contribution in [1.29, 1.82) is 0 Å². The van der Waals surface area contributed by atoms with Gasteiger partial charge < -0.3 is 5.11 Å². The Labute approximate surface area is 142 Å². The van der Waals surface area contributed by atoms with Crippen LogP contribution in [-0.2, 0) is 0 Å². The van der Waals surface area contributed by atoms with Gasteiger partial charge in [-0.1, -0.05) is 37.3 Å². The van der Waals surface area contributed by atoms with Crippen LogP contribution in [0.4, 0.5) is 17.1 Å². The van der Waals surface area contributed by atoms with Crippen LogP contribution in [0, 0.1) is 26.1 Å². The van der Waals surface area contributed by atoms with Gasteiger partial charge in [-0.05, 0) is 11.6 Å². The number of aliphatic hydroxyl groups excluding tert-OH is 1. The first-order valence-corrected chi connectivity index (χ1v) is 7.36. The predicted molar refractivity (Wildman–Crippen MR) is 92.6 cm³/mol. The molecule has 0 aliphatic rings. The minimum atomic E-state index is -0.720. The summed E-state index contributed by atoms with van der Waals surface area (Å²) in [7, 11) is 0. The lowest BCUT2D eigenvalue weighted by atomic mass is 9.99. The topological polar surface area (TPSA) is 131 Å².